The maximum atomic E-state index is 11.2. The number of nitrogens with zero attached hydrogens (tertiary/aromatic N) is 1. The number of aromatic nitrogens is 1. The van der Waals surface area contributed by atoms with E-state index in [-0.39, 0.29) is 22.0 Å². The van der Waals surface area contributed by atoms with E-state index in [0.717, 1.165) is 0 Å². The minimum Gasteiger partial charge on any atom is -0.481 e. The molecule has 1 aromatic carbocycles. The third kappa shape index (κ3) is 2.92. The van der Waals surface area contributed by atoms with Crippen molar-refractivity contribution in [3.05, 3.63) is 41.0 Å². The smallest absolute Gasteiger partial charge is 0.337 e. The molecule has 0 aliphatic heterocycles. The van der Waals surface area contributed by atoms with E-state index >= 15 is 0 Å². The third-order valence-electron chi connectivity index (χ3n) is 2.56. The first-order valence-corrected chi connectivity index (χ1v) is 5.98. The molecule has 0 fully saturated rings. The number of hydrogen-bond acceptors (Lipinski definition) is 5. The molecule has 0 spiro atoms. The van der Waals surface area contributed by atoms with Crippen molar-refractivity contribution in [1.82, 2.24) is 4.98 Å². The molecule has 0 saturated heterocycles. The Hall–Kier alpha value is -2.47. The number of benzene rings is 1. The molecule has 6 nitrogen and oxygen atoms in total. The number of anilines is 3. The van der Waals surface area contributed by atoms with Crippen LogP contribution in [0.2, 0.25) is 5.02 Å². The van der Waals surface area contributed by atoms with Crippen LogP contribution in [0.3, 0.4) is 0 Å². The first-order valence-electron chi connectivity index (χ1n) is 5.60. The standard InChI is InChI=1S/C13H12ClN3O3/c1-20-11-3-2-8(6-16-11)17-12-9(13(18)19)4-7(15)5-10(12)14/h2-6,17H,15H2,1H3,(H,18,19). The molecule has 0 amide bonds. The van der Waals surface area contributed by atoms with Gasteiger partial charge in [-0.05, 0) is 18.2 Å². The number of rotatable bonds is 4. The summed E-state index contributed by atoms with van der Waals surface area (Å²) < 4.78 is 4.95. The van der Waals surface area contributed by atoms with E-state index in [1.165, 1.54) is 25.4 Å². The van der Waals surface area contributed by atoms with E-state index in [0.29, 0.717) is 11.6 Å². The number of pyridine rings is 1. The number of hydrogen-bond donors (Lipinski definition) is 3. The van der Waals surface area contributed by atoms with Gasteiger partial charge in [0.25, 0.3) is 0 Å². The zero-order valence-corrected chi connectivity index (χ0v) is 11.3. The van der Waals surface area contributed by atoms with Crippen molar-refractivity contribution in [3.8, 4) is 5.88 Å². The summed E-state index contributed by atoms with van der Waals surface area (Å²) >= 11 is 6.04. The van der Waals surface area contributed by atoms with Crippen LogP contribution in [0.4, 0.5) is 17.1 Å². The van der Waals surface area contributed by atoms with Crippen LogP contribution in [0.15, 0.2) is 30.5 Å². The van der Waals surface area contributed by atoms with Crippen molar-refractivity contribution in [1.29, 1.82) is 0 Å². The van der Waals surface area contributed by atoms with Crippen LogP contribution in [0.25, 0.3) is 0 Å². The van der Waals surface area contributed by atoms with Crippen molar-refractivity contribution in [3.63, 3.8) is 0 Å². The van der Waals surface area contributed by atoms with Gasteiger partial charge in [-0.25, -0.2) is 9.78 Å². The van der Waals surface area contributed by atoms with Crippen LogP contribution in [0.5, 0.6) is 5.88 Å². The summed E-state index contributed by atoms with van der Waals surface area (Å²) in [6, 6.07) is 6.17. The third-order valence-corrected chi connectivity index (χ3v) is 2.86. The SMILES string of the molecule is COc1ccc(Nc2c(Cl)cc(N)cc2C(=O)O)cn1. The highest BCUT2D eigenvalue weighted by Crippen LogP contribution is 2.32. The summed E-state index contributed by atoms with van der Waals surface area (Å²) in [5, 5.41) is 12.3. The summed E-state index contributed by atoms with van der Waals surface area (Å²) in [6.45, 7) is 0. The highest BCUT2D eigenvalue weighted by atomic mass is 35.5. The van der Waals surface area contributed by atoms with Gasteiger partial charge in [-0.1, -0.05) is 11.6 Å². The minimum absolute atomic E-state index is 0.00850. The second-order valence-corrected chi connectivity index (χ2v) is 4.35. The summed E-state index contributed by atoms with van der Waals surface area (Å²) in [7, 11) is 1.51. The Morgan fingerprint density at radius 1 is 1.45 bits per heavy atom. The van der Waals surface area contributed by atoms with Gasteiger partial charge in [0.1, 0.15) is 0 Å². The molecule has 0 unspecified atom stereocenters. The van der Waals surface area contributed by atoms with E-state index in [2.05, 4.69) is 10.3 Å². The fourth-order valence-electron chi connectivity index (χ4n) is 1.64. The Morgan fingerprint density at radius 3 is 2.75 bits per heavy atom. The number of halogens is 1. The highest BCUT2D eigenvalue weighted by molar-refractivity contribution is 6.34. The summed E-state index contributed by atoms with van der Waals surface area (Å²) in [4.78, 5) is 15.2. The van der Waals surface area contributed by atoms with Crippen molar-refractivity contribution >= 4 is 34.6 Å². The molecule has 0 atom stereocenters. The number of methoxy groups -OCH3 is 1. The topological polar surface area (TPSA) is 97.5 Å². The van der Waals surface area contributed by atoms with Crippen LogP contribution in [-0.2, 0) is 0 Å². The van der Waals surface area contributed by atoms with Gasteiger partial charge >= 0.3 is 5.97 Å². The summed E-state index contributed by atoms with van der Waals surface area (Å²) in [5.41, 5.74) is 6.72. The Labute approximate surface area is 120 Å². The zero-order valence-electron chi connectivity index (χ0n) is 10.6. The number of nitrogens with two attached hydrogens (primary N) is 1. The van der Waals surface area contributed by atoms with Crippen LogP contribution in [-0.4, -0.2) is 23.2 Å². The lowest BCUT2D eigenvalue weighted by molar-refractivity contribution is 0.0698. The van der Waals surface area contributed by atoms with Crippen LogP contribution in [0, 0.1) is 0 Å². The van der Waals surface area contributed by atoms with Gasteiger partial charge in [0.2, 0.25) is 5.88 Å². The summed E-state index contributed by atoms with van der Waals surface area (Å²) in [5.74, 6) is -0.666. The van der Waals surface area contributed by atoms with Gasteiger partial charge in [0.05, 0.1) is 35.3 Å². The molecule has 1 heterocycles. The second kappa shape index (κ2) is 5.66. The highest BCUT2D eigenvalue weighted by Gasteiger charge is 2.15. The first-order chi connectivity index (χ1) is 9.51. The lowest BCUT2D eigenvalue weighted by atomic mass is 10.1. The number of nitrogen functional groups attached to an aromatic ring is 1. The maximum Gasteiger partial charge on any atom is 0.337 e. The molecule has 0 radical (unpaired) electrons. The average molecular weight is 294 g/mol. The van der Waals surface area contributed by atoms with Gasteiger partial charge in [-0.3, -0.25) is 0 Å². The van der Waals surface area contributed by atoms with Crippen LogP contribution >= 0.6 is 11.6 Å². The van der Waals surface area contributed by atoms with E-state index in [4.69, 9.17) is 22.1 Å². The largest absolute Gasteiger partial charge is 0.481 e. The first kappa shape index (κ1) is 14.0. The van der Waals surface area contributed by atoms with Gasteiger partial charge in [-0.2, -0.15) is 0 Å². The predicted octanol–water partition coefficient (Wildman–Crippen LogP) is 2.77. The Bertz CT molecular complexity index is 644. The molecule has 0 aliphatic carbocycles. The Morgan fingerprint density at radius 2 is 2.20 bits per heavy atom. The lowest BCUT2D eigenvalue weighted by Gasteiger charge is -2.12. The van der Waals surface area contributed by atoms with Gasteiger partial charge in [-0.15, -0.1) is 0 Å². The number of nitrogens with one attached hydrogen (secondary N) is 1. The molecule has 2 rings (SSSR count). The maximum absolute atomic E-state index is 11.2. The molecule has 104 valence electrons. The molecule has 1 aromatic heterocycles. The second-order valence-electron chi connectivity index (χ2n) is 3.94. The average Bonchev–Trinajstić information content (AvgIpc) is 2.42. The van der Waals surface area contributed by atoms with Crippen molar-refractivity contribution in [2.24, 2.45) is 0 Å². The van der Waals surface area contributed by atoms with Crippen molar-refractivity contribution < 1.29 is 14.6 Å². The van der Waals surface area contributed by atoms with E-state index in [1.807, 2.05) is 0 Å². The molecule has 7 heteroatoms. The number of ether oxygens (including phenoxy) is 1. The normalized spacial score (nSPS) is 10.1. The summed E-state index contributed by atoms with van der Waals surface area (Å²) in [6.07, 6.45) is 1.51. The van der Waals surface area contributed by atoms with Crippen molar-refractivity contribution in [2.45, 2.75) is 0 Å². The van der Waals surface area contributed by atoms with Gasteiger partial charge in [0, 0.05) is 11.8 Å². The number of carboxylic acid groups (broad SMARTS) is 1. The van der Waals surface area contributed by atoms with Gasteiger partial charge in [0.15, 0.2) is 0 Å². The number of aromatic carboxylic acids is 1. The Balaban J connectivity index is 2.39. The molecular weight excluding hydrogens is 282 g/mol. The molecule has 4 N–H and O–H groups in total. The molecular formula is C13H12ClN3O3. The number of carboxylic acids is 1. The molecule has 2 aromatic rings. The van der Waals surface area contributed by atoms with E-state index < -0.39 is 5.97 Å². The van der Waals surface area contributed by atoms with Crippen molar-refractivity contribution in [2.75, 3.05) is 18.2 Å². The van der Waals surface area contributed by atoms with Crippen LogP contribution < -0.4 is 15.8 Å². The predicted molar refractivity (Wildman–Crippen MR) is 76.9 cm³/mol. The van der Waals surface area contributed by atoms with E-state index in [9.17, 15) is 9.90 Å². The number of carbonyl (C=O) groups is 1. The lowest BCUT2D eigenvalue weighted by Crippen LogP contribution is -2.05. The monoisotopic (exact) mass is 293 g/mol. The fourth-order valence-corrected chi connectivity index (χ4v) is 1.92. The zero-order chi connectivity index (χ0) is 14.7. The Kier molecular flexibility index (Phi) is 3.95. The quantitative estimate of drug-likeness (QED) is 0.750. The molecule has 0 bridgehead atoms. The fraction of sp³-hybridized carbons (Fsp3) is 0.0769. The van der Waals surface area contributed by atoms with E-state index in [1.54, 1.807) is 12.1 Å². The molecule has 0 aliphatic rings. The van der Waals surface area contributed by atoms with Crippen LogP contribution in [0.1, 0.15) is 10.4 Å². The molecule has 20 heavy (non-hydrogen) atoms. The molecule has 0 saturated carbocycles. The van der Waals surface area contributed by atoms with Gasteiger partial charge < -0.3 is 20.9 Å². The minimum atomic E-state index is -1.12.